The minimum absolute atomic E-state index is 0.0940. The van der Waals surface area contributed by atoms with Crippen molar-refractivity contribution in [3.05, 3.63) is 70.5 Å². The number of carbonyl (C=O) groups excluding carboxylic acids is 2. The number of hydrogen-bond donors (Lipinski definition) is 1. The molecule has 7 heteroatoms. The summed E-state index contributed by atoms with van der Waals surface area (Å²) in [6.07, 6.45) is 0.467. The Balaban J connectivity index is 2.18. The molecule has 1 N–H and O–H groups in total. The summed E-state index contributed by atoms with van der Waals surface area (Å²) < 4.78 is 25.2. The number of hydrogen-bond acceptors (Lipinski definition) is 5. The van der Waals surface area contributed by atoms with Gasteiger partial charge in [0.25, 0.3) is 11.7 Å². The summed E-state index contributed by atoms with van der Waals surface area (Å²) in [7, 11) is 3.10. The number of aliphatic hydroxyl groups is 1. The number of ether oxygens (including phenoxy) is 2. The summed E-state index contributed by atoms with van der Waals surface area (Å²) in [5.74, 6) is -1.75. The van der Waals surface area contributed by atoms with Gasteiger partial charge in [-0.3, -0.25) is 9.59 Å². The van der Waals surface area contributed by atoms with E-state index < -0.39 is 23.5 Å². The Bertz CT molecular complexity index is 1050. The standard InChI is InChI=1S/C25H28FNO5/c1-15(2)18-14-16(10-11-20(18)32-4)23(28)21-22(17-8-5-6-9-19(17)26)27(12-7-13-31-3)25(30)24(21)29/h5-6,8-11,14-15,22,28H,7,12-13H2,1-4H3/b23-21+. The molecule has 2 aromatic carbocycles. The van der Waals surface area contributed by atoms with Gasteiger partial charge in [0.15, 0.2) is 0 Å². The Morgan fingerprint density at radius 3 is 2.50 bits per heavy atom. The van der Waals surface area contributed by atoms with Crippen molar-refractivity contribution in [1.82, 2.24) is 4.90 Å². The lowest BCUT2D eigenvalue weighted by atomic mass is 9.93. The molecule has 32 heavy (non-hydrogen) atoms. The van der Waals surface area contributed by atoms with Crippen molar-refractivity contribution in [3.63, 3.8) is 0 Å². The van der Waals surface area contributed by atoms with E-state index >= 15 is 0 Å². The van der Waals surface area contributed by atoms with Crippen molar-refractivity contribution in [2.75, 3.05) is 27.4 Å². The molecule has 1 heterocycles. The third-order valence-corrected chi connectivity index (χ3v) is 5.61. The molecule has 1 fully saturated rings. The Morgan fingerprint density at radius 1 is 1.16 bits per heavy atom. The number of rotatable bonds is 8. The highest BCUT2D eigenvalue weighted by atomic mass is 19.1. The van der Waals surface area contributed by atoms with Gasteiger partial charge in [-0.25, -0.2) is 4.39 Å². The highest BCUT2D eigenvalue weighted by Gasteiger charge is 2.46. The maximum absolute atomic E-state index is 14.8. The lowest BCUT2D eigenvalue weighted by Gasteiger charge is -2.25. The van der Waals surface area contributed by atoms with Gasteiger partial charge in [0.2, 0.25) is 0 Å². The van der Waals surface area contributed by atoms with Crippen LogP contribution in [0, 0.1) is 5.82 Å². The SMILES string of the molecule is COCCCN1C(=O)C(=O)/C(=C(/O)c2ccc(OC)c(C(C)C)c2)C1c1ccccc1F. The van der Waals surface area contributed by atoms with Crippen LogP contribution in [-0.2, 0) is 14.3 Å². The number of likely N-dealkylation sites (tertiary alicyclic amines) is 1. The van der Waals surface area contributed by atoms with E-state index in [4.69, 9.17) is 9.47 Å². The monoisotopic (exact) mass is 441 g/mol. The normalized spacial score (nSPS) is 17.9. The lowest BCUT2D eigenvalue weighted by Crippen LogP contribution is -2.31. The molecule has 0 aliphatic carbocycles. The van der Waals surface area contributed by atoms with E-state index in [0.29, 0.717) is 24.3 Å². The fourth-order valence-corrected chi connectivity index (χ4v) is 4.00. The second-order valence-electron chi connectivity index (χ2n) is 7.97. The van der Waals surface area contributed by atoms with Crippen molar-refractivity contribution in [1.29, 1.82) is 0 Å². The van der Waals surface area contributed by atoms with E-state index in [1.807, 2.05) is 13.8 Å². The van der Waals surface area contributed by atoms with Gasteiger partial charge in [0.05, 0.1) is 18.7 Å². The molecule has 1 amide bonds. The van der Waals surface area contributed by atoms with Crippen molar-refractivity contribution < 1.29 is 28.6 Å². The predicted molar refractivity (Wildman–Crippen MR) is 119 cm³/mol. The van der Waals surface area contributed by atoms with Crippen LogP contribution < -0.4 is 4.74 Å². The molecule has 0 bridgehead atoms. The molecule has 6 nitrogen and oxygen atoms in total. The summed E-state index contributed by atoms with van der Waals surface area (Å²) in [4.78, 5) is 27.2. The maximum atomic E-state index is 14.8. The number of amides is 1. The van der Waals surface area contributed by atoms with E-state index in [1.54, 1.807) is 38.5 Å². The van der Waals surface area contributed by atoms with Crippen molar-refractivity contribution in [3.8, 4) is 5.75 Å². The molecular weight excluding hydrogens is 413 g/mol. The topological polar surface area (TPSA) is 76.1 Å². The minimum Gasteiger partial charge on any atom is -0.507 e. The Labute approximate surface area is 187 Å². The van der Waals surface area contributed by atoms with Crippen LogP contribution in [0.3, 0.4) is 0 Å². The average Bonchev–Trinajstić information content (AvgIpc) is 3.03. The summed E-state index contributed by atoms with van der Waals surface area (Å²) in [6, 6.07) is 10.00. The predicted octanol–water partition coefficient (Wildman–Crippen LogP) is 4.42. The van der Waals surface area contributed by atoms with Crippen LogP contribution in [-0.4, -0.2) is 49.1 Å². The Kier molecular flexibility index (Phi) is 7.30. The van der Waals surface area contributed by atoms with Gasteiger partial charge >= 0.3 is 0 Å². The van der Waals surface area contributed by atoms with Crippen molar-refractivity contribution in [2.24, 2.45) is 0 Å². The van der Waals surface area contributed by atoms with Gasteiger partial charge in [0, 0.05) is 31.4 Å². The van der Waals surface area contributed by atoms with Gasteiger partial charge in [-0.1, -0.05) is 32.0 Å². The van der Waals surface area contributed by atoms with E-state index in [-0.39, 0.29) is 29.4 Å². The molecule has 170 valence electrons. The number of methoxy groups -OCH3 is 2. The number of Topliss-reactive ketones (excluding diaryl/α,β-unsaturated/α-hetero) is 1. The average molecular weight is 441 g/mol. The molecule has 3 rings (SSSR count). The van der Waals surface area contributed by atoms with Gasteiger partial charge < -0.3 is 19.5 Å². The first-order valence-electron chi connectivity index (χ1n) is 10.5. The van der Waals surface area contributed by atoms with Crippen LogP contribution in [0.2, 0.25) is 0 Å². The third-order valence-electron chi connectivity index (χ3n) is 5.61. The van der Waals surface area contributed by atoms with Gasteiger partial charge in [-0.05, 0) is 42.2 Å². The van der Waals surface area contributed by atoms with Crippen LogP contribution in [0.5, 0.6) is 5.75 Å². The molecule has 1 unspecified atom stereocenters. The molecule has 0 radical (unpaired) electrons. The lowest BCUT2D eigenvalue weighted by molar-refractivity contribution is -0.140. The zero-order valence-electron chi connectivity index (χ0n) is 18.7. The zero-order valence-corrected chi connectivity index (χ0v) is 18.7. The minimum atomic E-state index is -1.03. The highest BCUT2D eigenvalue weighted by Crippen LogP contribution is 2.41. The molecule has 2 aromatic rings. The summed E-state index contributed by atoms with van der Waals surface area (Å²) in [5.41, 5.74) is 1.24. The highest BCUT2D eigenvalue weighted by molar-refractivity contribution is 6.46. The Hall–Kier alpha value is -3.19. The number of benzene rings is 2. The van der Waals surface area contributed by atoms with Crippen LogP contribution in [0.15, 0.2) is 48.0 Å². The number of halogens is 1. The fraction of sp³-hybridized carbons (Fsp3) is 0.360. The van der Waals surface area contributed by atoms with Gasteiger partial charge in [-0.2, -0.15) is 0 Å². The van der Waals surface area contributed by atoms with Gasteiger partial charge in [0.1, 0.15) is 17.3 Å². The number of ketones is 1. The fourth-order valence-electron chi connectivity index (χ4n) is 4.00. The van der Waals surface area contributed by atoms with E-state index in [9.17, 15) is 19.1 Å². The summed E-state index contributed by atoms with van der Waals surface area (Å²) >= 11 is 0. The van der Waals surface area contributed by atoms with E-state index in [0.717, 1.165) is 5.56 Å². The smallest absolute Gasteiger partial charge is 0.295 e. The molecular formula is C25H28FNO5. The van der Waals surface area contributed by atoms with Gasteiger partial charge in [-0.15, -0.1) is 0 Å². The van der Waals surface area contributed by atoms with E-state index in [2.05, 4.69) is 0 Å². The van der Waals surface area contributed by atoms with Crippen molar-refractivity contribution in [2.45, 2.75) is 32.2 Å². The first-order chi connectivity index (χ1) is 15.3. The van der Waals surface area contributed by atoms with Crippen LogP contribution in [0.1, 0.15) is 48.9 Å². The molecule has 0 aromatic heterocycles. The molecule has 1 aliphatic heterocycles. The second kappa shape index (κ2) is 9.96. The zero-order chi connectivity index (χ0) is 23.4. The first kappa shape index (κ1) is 23.5. The van der Waals surface area contributed by atoms with E-state index in [1.165, 1.54) is 23.1 Å². The number of carbonyl (C=O) groups is 2. The largest absolute Gasteiger partial charge is 0.507 e. The second-order valence-corrected chi connectivity index (χ2v) is 7.97. The molecule has 0 saturated carbocycles. The molecule has 1 saturated heterocycles. The summed E-state index contributed by atoms with van der Waals surface area (Å²) in [6.45, 7) is 4.53. The Morgan fingerprint density at radius 2 is 1.88 bits per heavy atom. The molecule has 1 atom stereocenters. The quantitative estimate of drug-likeness (QED) is 0.284. The maximum Gasteiger partial charge on any atom is 0.295 e. The molecule has 0 spiro atoms. The van der Waals surface area contributed by atoms with Crippen LogP contribution in [0.4, 0.5) is 4.39 Å². The number of aliphatic hydroxyl groups excluding tert-OH is 1. The van der Waals surface area contributed by atoms with Crippen LogP contribution in [0.25, 0.3) is 5.76 Å². The molecule has 1 aliphatic rings. The van der Waals surface area contributed by atoms with Crippen LogP contribution >= 0.6 is 0 Å². The third kappa shape index (κ3) is 4.39. The summed E-state index contributed by atoms with van der Waals surface area (Å²) in [5, 5.41) is 11.2. The number of nitrogens with zero attached hydrogens (tertiary/aromatic N) is 1. The first-order valence-corrected chi connectivity index (χ1v) is 10.5. The van der Waals surface area contributed by atoms with Crippen molar-refractivity contribution >= 4 is 17.4 Å².